The van der Waals surface area contributed by atoms with Gasteiger partial charge in [-0.15, -0.1) is 0 Å². The molecular formula is C18H36FNO2. The summed E-state index contributed by atoms with van der Waals surface area (Å²) in [5.41, 5.74) is 0. The zero-order chi connectivity index (χ0) is 16.5. The summed E-state index contributed by atoms with van der Waals surface area (Å²) in [6.45, 7) is 2.36. The lowest BCUT2D eigenvalue weighted by atomic mass is 10.0. The molecule has 0 heterocycles. The number of rotatable bonds is 16. The summed E-state index contributed by atoms with van der Waals surface area (Å²) in [4.78, 5) is 11.3. The number of carbonyl (C=O) groups is 1. The number of unbranched alkanes of at least 4 members (excludes halogenated alkanes) is 10. The van der Waals surface area contributed by atoms with Crippen LogP contribution in [0.25, 0.3) is 0 Å². The maximum atomic E-state index is 13.5. The summed E-state index contributed by atoms with van der Waals surface area (Å²) < 4.78 is 13.5. The Morgan fingerprint density at radius 1 is 0.955 bits per heavy atom. The first-order valence-electron chi connectivity index (χ1n) is 9.22. The van der Waals surface area contributed by atoms with Crippen LogP contribution in [-0.4, -0.2) is 30.3 Å². The van der Waals surface area contributed by atoms with Crippen molar-refractivity contribution in [3.05, 3.63) is 0 Å². The van der Waals surface area contributed by atoms with E-state index in [0.29, 0.717) is 6.42 Å². The molecule has 2 N–H and O–H groups in total. The predicted octanol–water partition coefficient (Wildman–Crippen LogP) is 4.52. The second kappa shape index (κ2) is 16.7. The van der Waals surface area contributed by atoms with Crippen molar-refractivity contribution < 1.29 is 14.3 Å². The van der Waals surface area contributed by atoms with Crippen molar-refractivity contribution in [1.29, 1.82) is 0 Å². The smallest absolute Gasteiger partial charge is 0.223 e. The Bertz CT molecular complexity index is 249. The molecule has 0 spiro atoms. The Morgan fingerprint density at radius 2 is 1.45 bits per heavy atom. The summed E-state index contributed by atoms with van der Waals surface area (Å²) in [5, 5.41) is 11.0. The average molecular weight is 317 g/mol. The molecule has 3 nitrogen and oxygen atoms in total. The van der Waals surface area contributed by atoms with E-state index in [-0.39, 0.29) is 25.5 Å². The van der Waals surface area contributed by atoms with Crippen LogP contribution < -0.4 is 5.32 Å². The number of aliphatic hydroxyl groups excluding tert-OH is 1. The molecule has 0 saturated carbocycles. The van der Waals surface area contributed by atoms with Crippen LogP contribution in [0.1, 0.15) is 90.4 Å². The fraction of sp³-hybridized carbons (Fsp3) is 0.944. The molecule has 0 aliphatic heterocycles. The number of nitrogens with one attached hydrogen (secondary N) is 1. The molecule has 4 heteroatoms. The van der Waals surface area contributed by atoms with Gasteiger partial charge in [0.05, 0.1) is 13.0 Å². The molecule has 0 aliphatic rings. The highest BCUT2D eigenvalue weighted by Crippen LogP contribution is 2.14. The molecule has 1 unspecified atom stereocenters. The Morgan fingerprint density at radius 3 is 1.95 bits per heavy atom. The quantitative estimate of drug-likeness (QED) is 0.411. The third-order valence-corrected chi connectivity index (χ3v) is 3.96. The first kappa shape index (κ1) is 21.4. The molecule has 132 valence electrons. The molecular weight excluding hydrogens is 281 g/mol. The minimum absolute atomic E-state index is 0.0717. The van der Waals surface area contributed by atoms with E-state index in [1.807, 2.05) is 0 Å². The van der Waals surface area contributed by atoms with Crippen LogP contribution in [0.15, 0.2) is 0 Å². The van der Waals surface area contributed by atoms with Gasteiger partial charge in [-0.1, -0.05) is 77.6 Å². The molecule has 0 aromatic carbocycles. The van der Waals surface area contributed by atoms with E-state index >= 15 is 0 Å². The number of amides is 1. The Kier molecular flexibility index (Phi) is 16.2. The minimum Gasteiger partial charge on any atom is -0.395 e. The predicted molar refractivity (Wildman–Crippen MR) is 90.7 cm³/mol. The van der Waals surface area contributed by atoms with Gasteiger partial charge < -0.3 is 10.4 Å². The number of hydrogen-bond acceptors (Lipinski definition) is 2. The van der Waals surface area contributed by atoms with E-state index in [4.69, 9.17) is 5.11 Å². The van der Waals surface area contributed by atoms with Gasteiger partial charge in [0.15, 0.2) is 0 Å². The molecule has 1 amide bonds. The van der Waals surface area contributed by atoms with Gasteiger partial charge in [0.2, 0.25) is 5.91 Å². The van der Waals surface area contributed by atoms with E-state index in [2.05, 4.69) is 12.2 Å². The van der Waals surface area contributed by atoms with Gasteiger partial charge in [0.1, 0.15) is 6.17 Å². The third-order valence-electron chi connectivity index (χ3n) is 3.96. The standard InChI is InChI=1S/C18H36FNO2/c1-2-3-4-5-6-7-8-9-10-11-12-13-17(19)16-18(22)20-14-15-21/h17,21H,2-16H2,1H3,(H,20,22). The monoisotopic (exact) mass is 317 g/mol. The first-order chi connectivity index (χ1) is 10.7. The molecule has 1 atom stereocenters. The van der Waals surface area contributed by atoms with Crippen molar-refractivity contribution in [3.8, 4) is 0 Å². The zero-order valence-electron chi connectivity index (χ0n) is 14.4. The van der Waals surface area contributed by atoms with E-state index < -0.39 is 6.17 Å². The zero-order valence-corrected chi connectivity index (χ0v) is 14.4. The fourth-order valence-electron chi connectivity index (χ4n) is 2.60. The van der Waals surface area contributed by atoms with Gasteiger partial charge in [-0.2, -0.15) is 0 Å². The second-order valence-electron chi connectivity index (χ2n) is 6.20. The maximum Gasteiger partial charge on any atom is 0.223 e. The largest absolute Gasteiger partial charge is 0.395 e. The van der Waals surface area contributed by atoms with E-state index in [9.17, 15) is 9.18 Å². The summed E-state index contributed by atoms with van der Waals surface area (Å²) in [5.74, 6) is -0.301. The highest BCUT2D eigenvalue weighted by atomic mass is 19.1. The van der Waals surface area contributed by atoms with Crippen molar-refractivity contribution >= 4 is 5.91 Å². The summed E-state index contributed by atoms with van der Waals surface area (Å²) in [6, 6.07) is 0. The van der Waals surface area contributed by atoms with Crippen LogP contribution in [-0.2, 0) is 4.79 Å². The lowest BCUT2D eigenvalue weighted by Gasteiger charge is -2.08. The second-order valence-corrected chi connectivity index (χ2v) is 6.20. The third kappa shape index (κ3) is 15.7. The van der Waals surface area contributed by atoms with E-state index in [0.717, 1.165) is 12.8 Å². The van der Waals surface area contributed by atoms with Gasteiger partial charge >= 0.3 is 0 Å². The molecule has 0 aliphatic carbocycles. The maximum absolute atomic E-state index is 13.5. The lowest BCUT2D eigenvalue weighted by molar-refractivity contribution is -0.122. The summed E-state index contributed by atoms with van der Waals surface area (Å²) >= 11 is 0. The molecule has 0 aromatic rings. The summed E-state index contributed by atoms with van der Waals surface area (Å²) in [6.07, 6.45) is 13.1. The van der Waals surface area contributed by atoms with E-state index in [1.54, 1.807) is 0 Å². The molecule has 0 radical (unpaired) electrons. The van der Waals surface area contributed by atoms with Gasteiger partial charge in [-0.25, -0.2) is 4.39 Å². The SMILES string of the molecule is CCCCCCCCCCCCCC(F)CC(=O)NCCO. The van der Waals surface area contributed by atoms with Gasteiger partial charge in [-0.05, 0) is 6.42 Å². The van der Waals surface area contributed by atoms with Crippen LogP contribution in [0.3, 0.4) is 0 Å². The van der Waals surface area contributed by atoms with Crippen molar-refractivity contribution in [2.75, 3.05) is 13.2 Å². The van der Waals surface area contributed by atoms with E-state index in [1.165, 1.54) is 57.8 Å². The molecule has 22 heavy (non-hydrogen) atoms. The summed E-state index contributed by atoms with van der Waals surface area (Å²) in [7, 11) is 0. The Hall–Kier alpha value is -0.640. The molecule has 0 saturated heterocycles. The highest BCUT2D eigenvalue weighted by Gasteiger charge is 2.11. The molecule has 0 bridgehead atoms. The normalized spacial score (nSPS) is 12.3. The molecule has 0 rings (SSSR count). The number of hydrogen-bond donors (Lipinski definition) is 2. The topological polar surface area (TPSA) is 49.3 Å². The van der Waals surface area contributed by atoms with Crippen molar-refractivity contribution in [2.45, 2.75) is 96.6 Å². The Labute approximate surface area is 136 Å². The Balaban J connectivity index is 3.23. The number of alkyl halides is 1. The lowest BCUT2D eigenvalue weighted by Crippen LogP contribution is -2.28. The van der Waals surface area contributed by atoms with Crippen LogP contribution in [0.5, 0.6) is 0 Å². The molecule has 0 aromatic heterocycles. The molecule has 0 fully saturated rings. The van der Waals surface area contributed by atoms with Crippen molar-refractivity contribution in [1.82, 2.24) is 5.32 Å². The minimum atomic E-state index is -1.04. The van der Waals surface area contributed by atoms with Crippen LogP contribution >= 0.6 is 0 Å². The number of halogens is 1. The first-order valence-corrected chi connectivity index (χ1v) is 9.22. The number of carbonyl (C=O) groups excluding carboxylic acids is 1. The average Bonchev–Trinajstić information content (AvgIpc) is 2.50. The fourth-order valence-corrected chi connectivity index (χ4v) is 2.60. The van der Waals surface area contributed by atoms with Crippen LogP contribution in [0, 0.1) is 0 Å². The van der Waals surface area contributed by atoms with Crippen LogP contribution in [0.4, 0.5) is 4.39 Å². The van der Waals surface area contributed by atoms with Crippen LogP contribution in [0.2, 0.25) is 0 Å². The number of aliphatic hydroxyl groups is 1. The van der Waals surface area contributed by atoms with Gasteiger partial charge in [-0.3, -0.25) is 4.79 Å². The van der Waals surface area contributed by atoms with Gasteiger partial charge in [0.25, 0.3) is 0 Å². The highest BCUT2D eigenvalue weighted by molar-refractivity contribution is 5.76. The van der Waals surface area contributed by atoms with Crippen molar-refractivity contribution in [2.24, 2.45) is 0 Å². The van der Waals surface area contributed by atoms with Crippen molar-refractivity contribution in [3.63, 3.8) is 0 Å². The van der Waals surface area contributed by atoms with Gasteiger partial charge in [0, 0.05) is 6.54 Å².